The molecule has 6 heteroatoms. The molecule has 2 amide bonds. The fourth-order valence-electron chi connectivity index (χ4n) is 5.17. The minimum absolute atomic E-state index is 0.0314. The summed E-state index contributed by atoms with van der Waals surface area (Å²) in [6.45, 7) is 2.44. The minimum Gasteiger partial charge on any atom is -0.497 e. The first kappa shape index (κ1) is 28.8. The van der Waals surface area contributed by atoms with Crippen LogP contribution in [0.15, 0.2) is 78.9 Å². The van der Waals surface area contributed by atoms with Gasteiger partial charge in [0.2, 0.25) is 11.8 Å². The van der Waals surface area contributed by atoms with Gasteiger partial charge < -0.3 is 15.0 Å². The van der Waals surface area contributed by atoms with E-state index in [-0.39, 0.29) is 17.9 Å². The maximum absolute atomic E-state index is 13.9. The first-order valence-electron chi connectivity index (χ1n) is 13.9. The van der Waals surface area contributed by atoms with E-state index in [2.05, 4.69) is 24.4 Å². The molecule has 0 spiro atoms. The molecule has 1 saturated carbocycles. The van der Waals surface area contributed by atoms with Crippen LogP contribution in [-0.2, 0) is 28.3 Å². The zero-order valence-corrected chi connectivity index (χ0v) is 23.9. The molecule has 1 aliphatic carbocycles. The quantitative estimate of drug-likeness (QED) is 0.290. The molecule has 0 saturated heterocycles. The van der Waals surface area contributed by atoms with Gasteiger partial charge in [0.15, 0.2) is 0 Å². The summed E-state index contributed by atoms with van der Waals surface area (Å²) in [4.78, 5) is 29.6. The second kappa shape index (κ2) is 14.8. The van der Waals surface area contributed by atoms with Gasteiger partial charge in [-0.25, -0.2) is 0 Å². The van der Waals surface area contributed by atoms with E-state index in [0.29, 0.717) is 18.7 Å². The Bertz CT molecular complexity index is 1210. The number of carbonyl (C=O) groups is 2. The number of benzene rings is 3. The van der Waals surface area contributed by atoms with E-state index >= 15 is 0 Å². The topological polar surface area (TPSA) is 58.6 Å². The van der Waals surface area contributed by atoms with E-state index in [9.17, 15) is 9.59 Å². The van der Waals surface area contributed by atoms with Crippen LogP contribution in [-0.4, -0.2) is 41.7 Å². The highest BCUT2D eigenvalue weighted by molar-refractivity contribution is 7.99. The van der Waals surface area contributed by atoms with Crippen molar-refractivity contribution in [2.75, 3.05) is 12.9 Å². The second-order valence-corrected chi connectivity index (χ2v) is 11.3. The van der Waals surface area contributed by atoms with Crippen LogP contribution < -0.4 is 10.1 Å². The van der Waals surface area contributed by atoms with Crippen molar-refractivity contribution in [3.8, 4) is 5.75 Å². The highest BCUT2D eigenvalue weighted by Crippen LogP contribution is 2.23. The summed E-state index contributed by atoms with van der Waals surface area (Å²) in [7, 11) is 1.64. The molecule has 39 heavy (non-hydrogen) atoms. The smallest absolute Gasteiger partial charge is 0.243 e. The van der Waals surface area contributed by atoms with Crippen molar-refractivity contribution in [1.82, 2.24) is 10.2 Å². The number of aryl methyl sites for hydroxylation is 1. The van der Waals surface area contributed by atoms with Gasteiger partial charge in [-0.05, 0) is 54.2 Å². The van der Waals surface area contributed by atoms with Crippen LogP contribution >= 0.6 is 11.8 Å². The number of ether oxygens (including phenoxy) is 1. The van der Waals surface area contributed by atoms with Crippen LogP contribution in [0.1, 0.15) is 54.4 Å². The van der Waals surface area contributed by atoms with Gasteiger partial charge in [0.1, 0.15) is 11.8 Å². The number of nitrogens with zero attached hydrogens (tertiary/aromatic N) is 1. The van der Waals surface area contributed by atoms with Gasteiger partial charge in [-0.3, -0.25) is 9.59 Å². The lowest BCUT2D eigenvalue weighted by atomic mass is 9.94. The monoisotopic (exact) mass is 544 g/mol. The Labute approximate surface area is 237 Å². The van der Waals surface area contributed by atoms with Gasteiger partial charge in [0.05, 0.1) is 12.9 Å². The Kier molecular flexibility index (Phi) is 10.9. The van der Waals surface area contributed by atoms with Crippen molar-refractivity contribution < 1.29 is 14.3 Å². The van der Waals surface area contributed by atoms with Crippen molar-refractivity contribution in [3.63, 3.8) is 0 Å². The summed E-state index contributed by atoms with van der Waals surface area (Å²) in [5, 5.41) is 3.31. The Hall–Kier alpha value is -3.25. The third kappa shape index (κ3) is 8.62. The molecule has 3 aromatic carbocycles. The fraction of sp³-hybridized carbons (Fsp3) is 0.394. The molecule has 206 valence electrons. The van der Waals surface area contributed by atoms with Crippen LogP contribution in [0.2, 0.25) is 0 Å². The molecule has 0 unspecified atom stereocenters. The van der Waals surface area contributed by atoms with Crippen molar-refractivity contribution in [1.29, 1.82) is 0 Å². The maximum atomic E-state index is 13.9. The Balaban J connectivity index is 1.58. The van der Waals surface area contributed by atoms with Crippen molar-refractivity contribution >= 4 is 23.6 Å². The summed E-state index contributed by atoms with van der Waals surface area (Å²) < 4.78 is 5.44. The molecular formula is C33H40N2O3S. The Morgan fingerprint density at radius 2 is 1.67 bits per heavy atom. The predicted molar refractivity (Wildman–Crippen MR) is 160 cm³/mol. The molecule has 4 rings (SSSR count). The summed E-state index contributed by atoms with van der Waals surface area (Å²) in [6, 6.07) is 25.6. The van der Waals surface area contributed by atoms with Crippen LogP contribution in [0, 0.1) is 6.92 Å². The molecule has 0 radical (unpaired) electrons. The number of hydrogen-bond acceptors (Lipinski definition) is 4. The van der Waals surface area contributed by atoms with E-state index < -0.39 is 6.04 Å². The summed E-state index contributed by atoms with van der Waals surface area (Å²) in [6.07, 6.45) is 5.96. The number of hydrogen-bond donors (Lipinski definition) is 1. The van der Waals surface area contributed by atoms with Gasteiger partial charge in [0, 0.05) is 24.8 Å². The SMILES string of the molecule is COc1cccc(CN(C(=O)CSCc2ccccc2C)[C@H](Cc2ccccc2)C(=O)NC2CCCCC2)c1. The number of amides is 2. The molecule has 3 aromatic rings. The summed E-state index contributed by atoms with van der Waals surface area (Å²) in [5.41, 5.74) is 4.43. The van der Waals surface area contributed by atoms with E-state index in [1.807, 2.05) is 66.7 Å². The molecule has 0 aliphatic heterocycles. The molecule has 0 aromatic heterocycles. The second-order valence-electron chi connectivity index (χ2n) is 10.3. The third-order valence-corrected chi connectivity index (χ3v) is 8.42. The van der Waals surface area contributed by atoms with Crippen LogP contribution in [0.3, 0.4) is 0 Å². The normalized spacial score (nSPS) is 14.4. The van der Waals surface area contributed by atoms with E-state index in [1.54, 1.807) is 23.8 Å². The van der Waals surface area contributed by atoms with Crippen LogP contribution in [0.5, 0.6) is 5.75 Å². The van der Waals surface area contributed by atoms with Gasteiger partial charge in [-0.1, -0.05) is 86.0 Å². The fourth-order valence-corrected chi connectivity index (χ4v) is 6.16. The molecule has 1 atom stereocenters. The van der Waals surface area contributed by atoms with Gasteiger partial charge in [0.25, 0.3) is 0 Å². The average Bonchev–Trinajstić information content (AvgIpc) is 2.97. The van der Waals surface area contributed by atoms with Gasteiger partial charge in [-0.15, -0.1) is 11.8 Å². The number of thioether (sulfide) groups is 1. The van der Waals surface area contributed by atoms with Gasteiger partial charge in [-0.2, -0.15) is 0 Å². The summed E-state index contributed by atoms with van der Waals surface area (Å²) in [5.74, 6) is 1.70. The van der Waals surface area contributed by atoms with Crippen LogP contribution in [0.4, 0.5) is 0 Å². The van der Waals surface area contributed by atoms with Gasteiger partial charge >= 0.3 is 0 Å². The third-order valence-electron chi connectivity index (χ3n) is 7.45. The zero-order chi connectivity index (χ0) is 27.5. The minimum atomic E-state index is -0.605. The lowest BCUT2D eigenvalue weighted by molar-refractivity contribution is -0.139. The summed E-state index contributed by atoms with van der Waals surface area (Å²) >= 11 is 1.60. The van der Waals surface area contributed by atoms with Crippen molar-refractivity contribution in [2.24, 2.45) is 0 Å². The lowest BCUT2D eigenvalue weighted by Gasteiger charge is -2.33. The highest BCUT2D eigenvalue weighted by atomic mass is 32.2. The Morgan fingerprint density at radius 1 is 0.949 bits per heavy atom. The molecule has 1 N–H and O–H groups in total. The van der Waals surface area contributed by atoms with Crippen LogP contribution in [0.25, 0.3) is 0 Å². The molecule has 5 nitrogen and oxygen atoms in total. The average molecular weight is 545 g/mol. The number of methoxy groups -OCH3 is 1. The first-order valence-corrected chi connectivity index (χ1v) is 15.1. The molecule has 1 aliphatic rings. The Morgan fingerprint density at radius 3 is 2.41 bits per heavy atom. The van der Waals surface area contributed by atoms with Crippen molar-refractivity contribution in [3.05, 3.63) is 101 Å². The number of nitrogens with one attached hydrogen (secondary N) is 1. The molecule has 1 fully saturated rings. The predicted octanol–water partition coefficient (Wildman–Crippen LogP) is 6.33. The first-order chi connectivity index (χ1) is 19.0. The number of rotatable bonds is 12. The van der Waals surface area contributed by atoms with E-state index in [0.717, 1.165) is 48.3 Å². The number of carbonyl (C=O) groups excluding carboxylic acids is 2. The lowest BCUT2D eigenvalue weighted by Crippen LogP contribution is -2.53. The molecule has 0 bridgehead atoms. The van der Waals surface area contributed by atoms with E-state index in [4.69, 9.17) is 4.74 Å². The maximum Gasteiger partial charge on any atom is 0.243 e. The highest BCUT2D eigenvalue weighted by Gasteiger charge is 2.32. The standard InChI is InChI=1S/C33H40N2O3S/c1-25-12-9-10-16-28(25)23-39-24-32(36)35(22-27-15-11-19-30(20-27)38-2)31(21-26-13-5-3-6-14-26)33(37)34-29-17-7-4-8-18-29/h3,5-6,9-16,19-20,29,31H,4,7-8,17-18,21-24H2,1-2H3,(H,34,37)/t31-/m1/s1. The largest absolute Gasteiger partial charge is 0.497 e. The van der Waals surface area contributed by atoms with E-state index in [1.165, 1.54) is 17.5 Å². The molecule has 0 heterocycles. The van der Waals surface area contributed by atoms with Crippen molar-refractivity contribution in [2.45, 2.75) is 69.8 Å². The molecular weight excluding hydrogens is 504 g/mol. The zero-order valence-electron chi connectivity index (χ0n) is 23.1.